The highest BCUT2D eigenvalue weighted by atomic mass is 16.5. The Hall–Kier alpha value is -1.84. The van der Waals surface area contributed by atoms with E-state index in [4.69, 9.17) is 9.84 Å². The smallest absolute Gasteiger partial charge is 0.312 e. The number of hydrogen-bond donors (Lipinski definition) is 1. The van der Waals surface area contributed by atoms with E-state index in [1.54, 1.807) is 38.1 Å². The number of hydrogen-bond acceptors (Lipinski definition) is 3. The second-order valence-corrected chi connectivity index (χ2v) is 4.56. The Labute approximate surface area is 100 Å². The lowest BCUT2D eigenvalue weighted by Gasteiger charge is -2.19. The molecule has 0 unspecified atom stereocenters. The van der Waals surface area contributed by atoms with Crippen molar-refractivity contribution in [3.05, 3.63) is 29.8 Å². The molecule has 0 aliphatic rings. The third-order valence-corrected chi connectivity index (χ3v) is 2.44. The predicted molar refractivity (Wildman–Crippen MR) is 63.4 cm³/mol. The van der Waals surface area contributed by atoms with Crippen molar-refractivity contribution in [2.75, 3.05) is 6.61 Å². The van der Waals surface area contributed by atoms with Crippen LogP contribution in [0.5, 0.6) is 5.75 Å². The Balaban J connectivity index is 2.65. The van der Waals surface area contributed by atoms with E-state index in [0.29, 0.717) is 11.3 Å². The molecule has 0 atom stereocenters. The second-order valence-electron chi connectivity index (χ2n) is 4.56. The second kappa shape index (κ2) is 4.99. The molecule has 0 aliphatic heterocycles. The summed E-state index contributed by atoms with van der Waals surface area (Å²) in [4.78, 5) is 21.9. The minimum Gasteiger partial charge on any atom is -0.492 e. The Morgan fingerprint density at radius 2 is 1.76 bits per heavy atom. The highest BCUT2D eigenvalue weighted by Crippen LogP contribution is 2.19. The lowest BCUT2D eigenvalue weighted by Crippen LogP contribution is -2.30. The third kappa shape index (κ3) is 3.59. The van der Waals surface area contributed by atoms with Gasteiger partial charge in [-0.3, -0.25) is 9.59 Å². The molecule has 0 saturated carbocycles. The van der Waals surface area contributed by atoms with E-state index >= 15 is 0 Å². The van der Waals surface area contributed by atoms with E-state index in [1.165, 1.54) is 6.92 Å². The molecule has 1 rings (SSSR count). The van der Waals surface area contributed by atoms with Crippen molar-refractivity contribution in [1.82, 2.24) is 0 Å². The van der Waals surface area contributed by atoms with E-state index < -0.39 is 11.4 Å². The van der Waals surface area contributed by atoms with Crippen molar-refractivity contribution in [1.29, 1.82) is 0 Å². The molecule has 0 aliphatic carbocycles. The molecule has 0 saturated heterocycles. The van der Waals surface area contributed by atoms with Crippen LogP contribution in [-0.4, -0.2) is 23.5 Å². The summed E-state index contributed by atoms with van der Waals surface area (Å²) in [6, 6.07) is 6.64. The fourth-order valence-electron chi connectivity index (χ4n) is 1.11. The van der Waals surface area contributed by atoms with Crippen LogP contribution in [0, 0.1) is 5.41 Å². The molecule has 0 amide bonds. The molecule has 0 bridgehead atoms. The number of carbonyl (C=O) groups excluding carboxylic acids is 1. The van der Waals surface area contributed by atoms with Crippen LogP contribution in [0.2, 0.25) is 0 Å². The molecule has 4 heteroatoms. The summed E-state index contributed by atoms with van der Waals surface area (Å²) in [6.07, 6.45) is 0. The van der Waals surface area contributed by atoms with Crippen molar-refractivity contribution in [3.8, 4) is 5.75 Å². The fraction of sp³-hybridized carbons (Fsp3) is 0.385. The minimum atomic E-state index is -0.931. The van der Waals surface area contributed by atoms with Gasteiger partial charge in [-0.1, -0.05) is 0 Å². The number of ketones is 1. The zero-order chi connectivity index (χ0) is 13.1. The van der Waals surface area contributed by atoms with Gasteiger partial charge in [-0.25, -0.2) is 0 Å². The van der Waals surface area contributed by atoms with Crippen LogP contribution < -0.4 is 4.74 Å². The number of benzene rings is 1. The summed E-state index contributed by atoms with van der Waals surface area (Å²) >= 11 is 0. The summed E-state index contributed by atoms with van der Waals surface area (Å²) in [5, 5.41) is 8.91. The molecule has 0 spiro atoms. The van der Waals surface area contributed by atoms with Gasteiger partial charge in [-0.15, -0.1) is 0 Å². The average molecular weight is 236 g/mol. The van der Waals surface area contributed by atoms with Gasteiger partial charge in [0.2, 0.25) is 0 Å². The fourth-order valence-corrected chi connectivity index (χ4v) is 1.11. The molecule has 1 aromatic carbocycles. The molecule has 0 radical (unpaired) electrons. The van der Waals surface area contributed by atoms with Gasteiger partial charge in [-0.05, 0) is 45.0 Å². The largest absolute Gasteiger partial charge is 0.492 e. The van der Waals surface area contributed by atoms with E-state index in [2.05, 4.69) is 0 Å². The van der Waals surface area contributed by atoms with Crippen molar-refractivity contribution in [2.24, 2.45) is 5.41 Å². The number of Topliss-reactive ketones (excluding diaryl/α,β-unsaturated/α-hetero) is 1. The maximum absolute atomic E-state index is 11.0. The predicted octanol–water partition coefficient (Wildman–Crippen LogP) is 2.38. The number of rotatable bonds is 5. The highest BCUT2D eigenvalue weighted by molar-refractivity contribution is 5.94. The Kier molecular flexibility index (Phi) is 3.89. The standard InChI is InChI=1S/C13H16O4/c1-9(14)10-4-6-11(7-5-10)17-8-13(2,3)12(15)16/h4-7H,8H2,1-3H3,(H,15,16). The van der Waals surface area contributed by atoms with Gasteiger partial charge < -0.3 is 9.84 Å². The van der Waals surface area contributed by atoms with Crippen molar-refractivity contribution in [3.63, 3.8) is 0 Å². The SMILES string of the molecule is CC(=O)c1ccc(OCC(C)(C)C(=O)O)cc1. The van der Waals surface area contributed by atoms with Crippen molar-refractivity contribution < 1.29 is 19.4 Å². The van der Waals surface area contributed by atoms with Crippen LogP contribution >= 0.6 is 0 Å². The number of carbonyl (C=O) groups is 2. The monoisotopic (exact) mass is 236 g/mol. The summed E-state index contributed by atoms with van der Waals surface area (Å²) in [7, 11) is 0. The van der Waals surface area contributed by atoms with Gasteiger partial charge >= 0.3 is 5.97 Å². The molecule has 1 aromatic rings. The maximum Gasteiger partial charge on any atom is 0.312 e. The molecular weight excluding hydrogens is 220 g/mol. The molecule has 92 valence electrons. The van der Waals surface area contributed by atoms with Crippen LogP contribution in [0.3, 0.4) is 0 Å². The lowest BCUT2D eigenvalue weighted by molar-refractivity contribution is -0.148. The van der Waals surface area contributed by atoms with Gasteiger partial charge in [-0.2, -0.15) is 0 Å². The average Bonchev–Trinajstić information content (AvgIpc) is 2.27. The zero-order valence-corrected chi connectivity index (χ0v) is 10.2. The number of ether oxygens (including phenoxy) is 1. The topological polar surface area (TPSA) is 63.6 Å². The number of carboxylic acid groups (broad SMARTS) is 1. The van der Waals surface area contributed by atoms with Gasteiger partial charge in [0.1, 0.15) is 12.4 Å². The summed E-state index contributed by atoms with van der Waals surface area (Å²) in [5.74, 6) is -0.357. The third-order valence-electron chi connectivity index (χ3n) is 2.44. The number of carboxylic acids is 1. The molecule has 0 heterocycles. The van der Waals surface area contributed by atoms with Gasteiger partial charge in [0.05, 0.1) is 5.41 Å². The Morgan fingerprint density at radius 3 is 2.18 bits per heavy atom. The van der Waals surface area contributed by atoms with Crippen LogP contribution in [0.25, 0.3) is 0 Å². The Bertz CT molecular complexity index is 418. The van der Waals surface area contributed by atoms with Gasteiger partial charge in [0.15, 0.2) is 5.78 Å². The van der Waals surface area contributed by atoms with Gasteiger partial charge in [0.25, 0.3) is 0 Å². The number of aliphatic carboxylic acids is 1. The molecule has 0 aromatic heterocycles. The van der Waals surface area contributed by atoms with Crippen LogP contribution in [-0.2, 0) is 4.79 Å². The van der Waals surface area contributed by atoms with Crippen LogP contribution in [0.1, 0.15) is 31.1 Å². The van der Waals surface area contributed by atoms with Crippen LogP contribution in [0.15, 0.2) is 24.3 Å². The summed E-state index contributed by atoms with van der Waals surface area (Å²) in [6.45, 7) is 4.77. The quantitative estimate of drug-likeness (QED) is 0.797. The molecule has 4 nitrogen and oxygen atoms in total. The molecular formula is C13H16O4. The van der Waals surface area contributed by atoms with E-state index in [1.807, 2.05) is 0 Å². The first-order valence-electron chi connectivity index (χ1n) is 5.30. The van der Waals surface area contributed by atoms with Gasteiger partial charge in [0, 0.05) is 5.56 Å². The summed E-state index contributed by atoms with van der Waals surface area (Å²) < 4.78 is 5.37. The van der Waals surface area contributed by atoms with Crippen LogP contribution in [0.4, 0.5) is 0 Å². The maximum atomic E-state index is 11.0. The first-order valence-corrected chi connectivity index (χ1v) is 5.30. The molecule has 17 heavy (non-hydrogen) atoms. The van der Waals surface area contributed by atoms with Crippen molar-refractivity contribution >= 4 is 11.8 Å². The Morgan fingerprint density at radius 1 is 1.24 bits per heavy atom. The molecule has 1 N–H and O–H groups in total. The van der Waals surface area contributed by atoms with E-state index in [-0.39, 0.29) is 12.4 Å². The lowest BCUT2D eigenvalue weighted by atomic mass is 9.95. The minimum absolute atomic E-state index is 0.0117. The van der Waals surface area contributed by atoms with E-state index in [0.717, 1.165) is 0 Å². The first kappa shape index (κ1) is 13.2. The van der Waals surface area contributed by atoms with E-state index in [9.17, 15) is 9.59 Å². The molecule has 0 fully saturated rings. The zero-order valence-electron chi connectivity index (χ0n) is 10.2. The first-order chi connectivity index (χ1) is 7.83. The summed E-state index contributed by atoms with van der Waals surface area (Å²) in [5.41, 5.74) is -0.325. The normalized spacial score (nSPS) is 11.0. The van der Waals surface area contributed by atoms with Crippen molar-refractivity contribution in [2.45, 2.75) is 20.8 Å². The highest BCUT2D eigenvalue weighted by Gasteiger charge is 2.28.